The van der Waals surface area contributed by atoms with E-state index in [1.807, 2.05) is 13.8 Å². The van der Waals surface area contributed by atoms with Gasteiger partial charge >= 0.3 is 7.60 Å². The molecule has 1 aliphatic rings. The topological polar surface area (TPSA) is 81.0 Å². The Kier molecular flexibility index (Phi) is 12.5. The molecule has 1 fully saturated rings. The van der Waals surface area contributed by atoms with Gasteiger partial charge in [0.25, 0.3) is 0 Å². The maximum Gasteiger partial charge on any atom is 0.331 e. The van der Waals surface area contributed by atoms with Gasteiger partial charge in [-0.05, 0) is 51.6 Å². The molecule has 6 heteroatoms. The standard InChI is InChI=1S/C10H23O3P.C7H15NO/c1-4-7-8-9-10(5-2,6-3)14(11,12)13;9-7-3-6-8-4-1-2-5-8/h4-9H2,1-3H3,(H2,11,12,13);9H,1-7H2. The fraction of sp³-hybridized carbons (Fsp3) is 1.00. The van der Waals surface area contributed by atoms with Gasteiger partial charge in [0.2, 0.25) is 0 Å². The van der Waals surface area contributed by atoms with Crippen molar-refractivity contribution in [3.63, 3.8) is 0 Å². The lowest BCUT2D eigenvalue weighted by Crippen LogP contribution is -2.27. The van der Waals surface area contributed by atoms with E-state index in [-0.39, 0.29) is 0 Å². The maximum absolute atomic E-state index is 11.4. The molecule has 0 spiro atoms. The van der Waals surface area contributed by atoms with Crippen molar-refractivity contribution < 1.29 is 19.5 Å². The molecule has 23 heavy (non-hydrogen) atoms. The zero-order valence-electron chi connectivity index (χ0n) is 15.3. The molecule has 0 saturated carbocycles. The predicted octanol–water partition coefficient (Wildman–Crippen LogP) is 3.77. The minimum Gasteiger partial charge on any atom is -0.396 e. The van der Waals surface area contributed by atoms with Crippen LogP contribution in [-0.4, -0.2) is 51.2 Å². The van der Waals surface area contributed by atoms with Crippen molar-refractivity contribution in [3.05, 3.63) is 0 Å². The average molecular weight is 351 g/mol. The van der Waals surface area contributed by atoms with Crippen LogP contribution in [0.15, 0.2) is 0 Å². The molecule has 1 rings (SSSR count). The third-order valence-electron chi connectivity index (χ3n) is 5.01. The Morgan fingerprint density at radius 2 is 1.57 bits per heavy atom. The monoisotopic (exact) mass is 351 g/mol. The molecule has 0 aromatic heterocycles. The van der Waals surface area contributed by atoms with E-state index in [0.29, 0.717) is 25.9 Å². The van der Waals surface area contributed by atoms with Gasteiger partial charge in [0, 0.05) is 13.2 Å². The van der Waals surface area contributed by atoms with E-state index >= 15 is 0 Å². The van der Waals surface area contributed by atoms with Crippen LogP contribution in [0.25, 0.3) is 0 Å². The molecule has 0 aliphatic carbocycles. The second-order valence-corrected chi connectivity index (χ2v) is 8.60. The fourth-order valence-corrected chi connectivity index (χ4v) is 4.44. The molecule has 3 N–H and O–H groups in total. The summed E-state index contributed by atoms with van der Waals surface area (Å²) < 4.78 is 11.4. The van der Waals surface area contributed by atoms with Crippen molar-refractivity contribution in [2.75, 3.05) is 26.2 Å². The molecule has 140 valence electrons. The third kappa shape index (κ3) is 8.64. The Bertz CT molecular complexity index is 323. The summed E-state index contributed by atoms with van der Waals surface area (Å²) in [6.07, 6.45) is 8.50. The smallest absolute Gasteiger partial charge is 0.331 e. The summed E-state index contributed by atoms with van der Waals surface area (Å²) in [6.45, 7) is 9.77. The quantitative estimate of drug-likeness (QED) is 0.412. The summed E-state index contributed by atoms with van der Waals surface area (Å²) in [5.74, 6) is 0. The molecule has 1 saturated heterocycles. The largest absolute Gasteiger partial charge is 0.396 e. The SMILES string of the molecule is CCCCCC(CC)(CC)P(=O)(O)O.OCCCN1CCCC1. The molecule has 1 aliphatic heterocycles. The van der Waals surface area contributed by atoms with Gasteiger partial charge in [-0.15, -0.1) is 0 Å². The molecule has 0 amide bonds. The van der Waals surface area contributed by atoms with Gasteiger partial charge in [0.1, 0.15) is 0 Å². The first kappa shape index (κ1) is 23.1. The maximum atomic E-state index is 11.4. The van der Waals surface area contributed by atoms with Crippen molar-refractivity contribution in [1.82, 2.24) is 4.90 Å². The first-order valence-corrected chi connectivity index (χ1v) is 10.9. The van der Waals surface area contributed by atoms with E-state index in [9.17, 15) is 14.4 Å². The summed E-state index contributed by atoms with van der Waals surface area (Å²) in [5.41, 5.74) is 0. The molecule has 0 radical (unpaired) electrons. The molecule has 1 heterocycles. The van der Waals surface area contributed by atoms with Gasteiger partial charge < -0.3 is 19.8 Å². The van der Waals surface area contributed by atoms with Crippen LogP contribution in [0.4, 0.5) is 0 Å². The van der Waals surface area contributed by atoms with Crippen LogP contribution in [0.3, 0.4) is 0 Å². The van der Waals surface area contributed by atoms with Crippen LogP contribution >= 0.6 is 7.60 Å². The Balaban J connectivity index is 0.000000459. The van der Waals surface area contributed by atoms with Gasteiger partial charge in [-0.2, -0.15) is 0 Å². The molecular weight excluding hydrogens is 313 g/mol. The van der Waals surface area contributed by atoms with E-state index < -0.39 is 12.8 Å². The molecule has 0 bridgehead atoms. The minimum absolute atomic E-state index is 0.344. The van der Waals surface area contributed by atoms with Gasteiger partial charge in [0.05, 0.1) is 5.16 Å². The summed E-state index contributed by atoms with van der Waals surface area (Å²) in [5, 5.41) is 7.74. The number of likely N-dealkylation sites (tertiary alicyclic amines) is 1. The van der Waals surface area contributed by atoms with E-state index in [2.05, 4.69) is 11.8 Å². The molecule has 0 aromatic rings. The highest BCUT2D eigenvalue weighted by Gasteiger charge is 2.42. The number of aliphatic hydroxyl groups is 1. The van der Waals surface area contributed by atoms with Gasteiger partial charge in [0.15, 0.2) is 0 Å². The lowest BCUT2D eigenvalue weighted by atomic mass is 9.95. The zero-order valence-corrected chi connectivity index (χ0v) is 16.2. The van der Waals surface area contributed by atoms with Crippen LogP contribution in [0, 0.1) is 0 Å². The van der Waals surface area contributed by atoms with Crippen molar-refractivity contribution in [2.45, 2.75) is 83.7 Å². The first-order valence-electron chi connectivity index (χ1n) is 9.25. The summed E-state index contributed by atoms with van der Waals surface area (Å²) in [6, 6.07) is 0. The first-order chi connectivity index (χ1) is 10.9. The molecular formula is C17H38NO4P. The van der Waals surface area contributed by atoms with Crippen LogP contribution in [0.5, 0.6) is 0 Å². The number of aliphatic hydroxyl groups excluding tert-OH is 1. The summed E-state index contributed by atoms with van der Waals surface area (Å²) in [7, 11) is -3.95. The van der Waals surface area contributed by atoms with Crippen molar-refractivity contribution >= 4 is 7.60 Å². The normalized spacial score (nSPS) is 16.3. The molecule has 0 unspecified atom stereocenters. The molecule has 5 nitrogen and oxygen atoms in total. The average Bonchev–Trinajstić information content (AvgIpc) is 3.02. The summed E-state index contributed by atoms with van der Waals surface area (Å²) in [4.78, 5) is 21.1. The molecule has 0 aromatic carbocycles. The van der Waals surface area contributed by atoms with Crippen LogP contribution < -0.4 is 0 Å². The fourth-order valence-electron chi connectivity index (χ4n) is 3.17. The summed E-state index contributed by atoms with van der Waals surface area (Å²) >= 11 is 0. The lowest BCUT2D eigenvalue weighted by molar-refractivity contribution is 0.248. The Hall–Kier alpha value is 0.0700. The van der Waals surface area contributed by atoms with Crippen LogP contribution in [0.1, 0.15) is 78.6 Å². The van der Waals surface area contributed by atoms with Gasteiger partial charge in [-0.25, -0.2) is 0 Å². The zero-order chi connectivity index (χ0) is 17.8. The van der Waals surface area contributed by atoms with E-state index in [1.165, 1.54) is 25.9 Å². The van der Waals surface area contributed by atoms with E-state index in [0.717, 1.165) is 32.2 Å². The second kappa shape index (κ2) is 12.4. The minimum atomic E-state index is -3.95. The highest BCUT2D eigenvalue weighted by atomic mass is 31.2. The van der Waals surface area contributed by atoms with Crippen molar-refractivity contribution in [3.8, 4) is 0 Å². The van der Waals surface area contributed by atoms with Crippen molar-refractivity contribution in [1.29, 1.82) is 0 Å². The number of nitrogens with zero attached hydrogens (tertiary/aromatic N) is 1. The predicted molar refractivity (Wildman–Crippen MR) is 96.9 cm³/mol. The lowest BCUT2D eigenvalue weighted by Gasteiger charge is -2.32. The Labute approximate surface area is 142 Å². The Morgan fingerprint density at radius 3 is 1.96 bits per heavy atom. The highest BCUT2D eigenvalue weighted by Crippen LogP contribution is 2.57. The van der Waals surface area contributed by atoms with Crippen LogP contribution in [0.2, 0.25) is 0 Å². The van der Waals surface area contributed by atoms with E-state index in [1.54, 1.807) is 0 Å². The second-order valence-electron chi connectivity index (χ2n) is 6.56. The number of hydrogen-bond acceptors (Lipinski definition) is 3. The third-order valence-corrected chi connectivity index (χ3v) is 7.10. The Morgan fingerprint density at radius 1 is 1.00 bits per heavy atom. The highest BCUT2D eigenvalue weighted by molar-refractivity contribution is 7.53. The van der Waals surface area contributed by atoms with Gasteiger partial charge in [-0.1, -0.05) is 40.0 Å². The van der Waals surface area contributed by atoms with E-state index in [4.69, 9.17) is 5.11 Å². The number of unbranched alkanes of at least 4 members (excludes halogenated alkanes) is 2. The van der Waals surface area contributed by atoms with Crippen molar-refractivity contribution in [2.24, 2.45) is 0 Å². The van der Waals surface area contributed by atoms with Crippen LogP contribution in [-0.2, 0) is 4.57 Å². The molecule has 0 atom stereocenters. The van der Waals surface area contributed by atoms with Gasteiger partial charge in [-0.3, -0.25) is 4.57 Å². The number of hydrogen-bond donors (Lipinski definition) is 3. The number of rotatable bonds is 10.